The van der Waals surface area contributed by atoms with Gasteiger partial charge in [-0.25, -0.2) is 4.68 Å². The van der Waals surface area contributed by atoms with Crippen molar-refractivity contribution in [3.8, 4) is 0 Å². The summed E-state index contributed by atoms with van der Waals surface area (Å²) in [6.45, 7) is 0.355. The van der Waals surface area contributed by atoms with Gasteiger partial charge in [-0.3, -0.25) is 9.59 Å². The Kier molecular flexibility index (Phi) is 3.75. The molecular weight excluding hydrogens is 242 g/mol. The number of carbonyl (C=O) groups is 1. The summed E-state index contributed by atoms with van der Waals surface area (Å²) in [5.41, 5.74) is 1.26. The Morgan fingerprint density at radius 1 is 1.26 bits per heavy atom. The van der Waals surface area contributed by atoms with Crippen LogP contribution < -0.4 is 10.5 Å². The summed E-state index contributed by atoms with van der Waals surface area (Å²) in [5, 5.41) is 4.11. The van der Waals surface area contributed by atoms with Crippen molar-refractivity contribution in [2.24, 2.45) is 0 Å². The minimum absolute atomic E-state index is 0.135. The van der Waals surface area contributed by atoms with E-state index in [1.165, 1.54) is 10.9 Å². The molecule has 0 unspecified atom stereocenters. The molecule has 0 aliphatic rings. The molecule has 0 fully saturated rings. The molecule has 0 aliphatic carbocycles. The van der Waals surface area contributed by atoms with Crippen LogP contribution in [0, 0.1) is 0 Å². The molecule has 5 nitrogen and oxygen atoms in total. The second kappa shape index (κ2) is 5.48. The van der Waals surface area contributed by atoms with Crippen molar-refractivity contribution < 1.29 is 4.79 Å². The Hall–Kier alpha value is -2.43. The zero-order valence-electron chi connectivity index (χ0n) is 10.9. The minimum Gasteiger partial charge on any atom is -0.376 e. The maximum absolute atomic E-state index is 12.2. The minimum atomic E-state index is -0.370. The van der Waals surface area contributed by atoms with E-state index in [-0.39, 0.29) is 11.1 Å². The summed E-state index contributed by atoms with van der Waals surface area (Å²) in [4.78, 5) is 25.0. The van der Waals surface area contributed by atoms with Gasteiger partial charge in [0.15, 0.2) is 6.29 Å². The summed E-state index contributed by atoms with van der Waals surface area (Å²) >= 11 is 0. The molecule has 98 valence electrons. The molecule has 0 atom stereocenters. The molecule has 1 aromatic carbocycles. The van der Waals surface area contributed by atoms with Gasteiger partial charge in [0.25, 0.3) is 5.56 Å². The van der Waals surface area contributed by atoms with Gasteiger partial charge in [-0.2, -0.15) is 5.10 Å². The SMILES string of the molecule is CN(C)c1cnn(Cc2ccccc2)c(=O)c1C=O. The average molecular weight is 257 g/mol. The molecular formula is C14H15N3O2. The van der Waals surface area contributed by atoms with Gasteiger partial charge >= 0.3 is 0 Å². The van der Waals surface area contributed by atoms with Gasteiger partial charge in [0.2, 0.25) is 0 Å². The first-order valence-electron chi connectivity index (χ1n) is 5.90. The topological polar surface area (TPSA) is 55.2 Å². The predicted molar refractivity (Wildman–Crippen MR) is 73.8 cm³/mol. The third-order valence-electron chi connectivity index (χ3n) is 2.84. The van der Waals surface area contributed by atoms with Crippen LogP contribution in [-0.2, 0) is 6.54 Å². The fourth-order valence-corrected chi connectivity index (χ4v) is 1.83. The normalized spacial score (nSPS) is 10.2. The van der Waals surface area contributed by atoms with Crippen LogP contribution in [0.4, 0.5) is 5.69 Å². The lowest BCUT2D eigenvalue weighted by Crippen LogP contribution is -2.29. The van der Waals surface area contributed by atoms with E-state index >= 15 is 0 Å². The first-order chi connectivity index (χ1) is 9.13. The molecule has 1 aromatic heterocycles. The van der Waals surface area contributed by atoms with E-state index in [9.17, 15) is 9.59 Å². The highest BCUT2D eigenvalue weighted by molar-refractivity contribution is 5.83. The van der Waals surface area contributed by atoms with Crippen LogP contribution in [0.1, 0.15) is 15.9 Å². The van der Waals surface area contributed by atoms with Crippen molar-refractivity contribution in [3.05, 3.63) is 58.0 Å². The zero-order valence-corrected chi connectivity index (χ0v) is 10.9. The summed E-state index contributed by atoms with van der Waals surface area (Å²) in [5.74, 6) is 0. The van der Waals surface area contributed by atoms with Crippen LogP contribution in [-0.4, -0.2) is 30.2 Å². The number of hydrogen-bond acceptors (Lipinski definition) is 4. The first-order valence-corrected chi connectivity index (χ1v) is 5.90. The molecule has 0 saturated carbocycles. The van der Waals surface area contributed by atoms with Crippen molar-refractivity contribution in [1.29, 1.82) is 0 Å². The van der Waals surface area contributed by atoms with E-state index in [0.29, 0.717) is 18.5 Å². The predicted octanol–water partition coefficient (Wildman–Crippen LogP) is 1.17. The third-order valence-corrected chi connectivity index (χ3v) is 2.84. The standard InChI is InChI=1S/C14H15N3O2/c1-16(2)13-8-15-17(14(19)12(13)10-18)9-11-6-4-3-5-7-11/h3-8,10H,9H2,1-2H3. The van der Waals surface area contributed by atoms with Crippen molar-refractivity contribution in [2.75, 3.05) is 19.0 Å². The quantitative estimate of drug-likeness (QED) is 0.771. The van der Waals surface area contributed by atoms with Gasteiger partial charge in [-0.15, -0.1) is 0 Å². The molecule has 2 rings (SSSR count). The lowest BCUT2D eigenvalue weighted by atomic mass is 10.2. The maximum atomic E-state index is 12.2. The van der Waals surface area contributed by atoms with E-state index in [1.54, 1.807) is 19.0 Å². The third kappa shape index (κ3) is 2.70. The van der Waals surface area contributed by atoms with E-state index in [4.69, 9.17) is 0 Å². The van der Waals surface area contributed by atoms with Gasteiger partial charge in [0.1, 0.15) is 5.56 Å². The number of anilines is 1. The summed E-state index contributed by atoms with van der Waals surface area (Å²) in [6, 6.07) is 9.53. The number of nitrogens with zero attached hydrogens (tertiary/aromatic N) is 3. The molecule has 0 bridgehead atoms. The van der Waals surface area contributed by atoms with Crippen molar-refractivity contribution in [2.45, 2.75) is 6.54 Å². The molecule has 0 amide bonds. The van der Waals surface area contributed by atoms with E-state index in [2.05, 4.69) is 5.10 Å². The van der Waals surface area contributed by atoms with Crippen molar-refractivity contribution >= 4 is 12.0 Å². The van der Waals surface area contributed by atoms with Crippen LogP contribution in [0.3, 0.4) is 0 Å². The van der Waals surface area contributed by atoms with E-state index in [0.717, 1.165) is 5.56 Å². The second-order valence-corrected chi connectivity index (χ2v) is 4.40. The number of aldehydes is 1. The Bertz CT molecular complexity index is 633. The Morgan fingerprint density at radius 3 is 2.53 bits per heavy atom. The highest BCUT2D eigenvalue weighted by atomic mass is 16.1. The van der Waals surface area contributed by atoms with Crippen LogP contribution in [0.25, 0.3) is 0 Å². The molecule has 0 radical (unpaired) electrons. The number of carbonyl (C=O) groups excluding carboxylic acids is 1. The van der Waals surface area contributed by atoms with E-state index in [1.807, 2.05) is 30.3 Å². The fraction of sp³-hybridized carbons (Fsp3) is 0.214. The molecule has 5 heteroatoms. The highest BCUT2D eigenvalue weighted by Gasteiger charge is 2.12. The monoisotopic (exact) mass is 257 g/mol. The first kappa shape index (κ1) is 13.0. The smallest absolute Gasteiger partial charge is 0.279 e. The molecule has 0 N–H and O–H groups in total. The number of hydrogen-bond donors (Lipinski definition) is 0. The average Bonchev–Trinajstić information content (AvgIpc) is 2.41. The van der Waals surface area contributed by atoms with Gasteiger partial charge in [0, 0.05) is 14.1 Å². The molecule has 0 saturated heterocycles. The van der Waals surface area contributed by atoms with Crippen LogP contribution >= 0.6 is 0 Å². The van der Waals surface area contributed by atoms with Crippen LogP contribution in [0.5, 0.6) is 0 Å². The van der Waals surface area contributed by atoms with Crippen molar-refractivity contribution in [1.82, 2.24) is 9.78 Å². The Balaban J connectivity index is 2.44. The lowest BCUT2D eigenvalue weighted by Gasteiger charge is -2.15. The summed E-state index contributed by atoms with van der Waals surface area (Å²) in [6.07, 6.45) is 2.12. The number of benzene rings is 1. The van der Waals surface area contributed by atoms with Gasteiger partial charge in [-0.1, -0.05) is 30.3 Å². The lowest BCUT2D eigenvalue weighted by molar-refractivity contribution is 0.112. The van der Waals surface area contributed by atoms with Crippen LogP contribution in [0.2, 0.25) is 0 Å². The second-order valence-electron chi connectivity index (χ2n) is 4.40. The largest absolute Gasteiger partial charge is 0.376 e. The Morgan fingerprint density at radius 2 is 1.95 bits per heavy atom. The Labute approximate surface area is 111 Å². The molecule has 0 spiro atoms. The molecule has 19 heavy (non-hydrogen) atoms. The van der Waals surface area contributed by atoms with Gasteiger partial charge in [-0.05, 0) is 5.56 Å². The maximum Gasteiger partial charge on any atom is 0.279 e. The number of rotatable bonds is 4. The highest BCUT2D eigenvalue weighted by Crippen LogP contribution is 2.11. The van der Waals surface area contributed by atoms with E-state index < -0.39 is 0 Å². The number of aromatic nitrogens is 2. The van der Waals surface area contributed by atoms with Gasteiger partial charge in [0.05, 0.1) is 18.4 Å². The fourth-order valence-electron chi connectivity index (χ4n) is 1.83. The van der Waals surface area contributed by atoms with Gasteiger partial charge < -0.3 is 4.90 Å². The molecule has 0 aliphatic heterocycles. The summed E-state index contributed by atoms with van der Waals surface area (Å²) in [7, 11) is 3.54. The van der Waals surface area contributed by atoms with Crippen LogP contribution in [0.15, 0.2) is 41.3 Å². The van der Waals surface area contributed by atoms with Crippen molar-refractivity contribution in [3.63, 3.8) is 0 Å². The zero-order chi connectivity index (χ0) is 13.8. The summed E-state index contributed by atoms with van der Waals surface area (Å²) < 4.78 is 1.30. The molecule has 2 aromatic rings. The molecule has 1 heterocycles.